The molecule has 1 aromatic rings. The van der Waals surface area contributed by atoms with Gasteiger partial charge in [0.05, 0.1) is 5.03 Å². The molecule has 0 aromatic carbocycles. The van der Waals surface area contributed by atoms with Gasteiger partial charge in [-0.3, -0.25) is 0 Å². The second-order valence-corrected chi connectivity index (χ2v) is 3.26. The van der Waals surface area contributed by atoms with Crippen molar-refractivity contribution < 1.29 is 0 Å². The fraction of sp³-hybridized carbons (Fsp3) is 0.333. The second kappa shape index (κ2) is 3.92. The average molecular weight is 235 g/mol. The lowest BCUT2D eigenvalue weighted by atomic mass is 10.4. The fourth-order valence-electron chi connectivity index (χ4n) is 0.682. The summed E-state index contributed by atoms with van der Waals surface area (Å²) in [5, 5.41) is 1.59. The minimum absolute atomic E-state index is 0.293. The quantitative estimate of drug-likeness (QED) is 0.478. The van der Waals surface area contributed by atoms with Crippen LogP contribution in [0, 0.1) is 0 Å². The molecule has 0 atom stereocenters. The minimum atomic E-state index is -0.293. The van der Waals surface area contributed by atoms with E-state index < -0.39 is 0 Å². The maximum atomic E-state index is 10.7. The van der Waals surface area contributed by atoms with Gasteiger partial charge in [-0.25, -0.2) is 9.78 Å². The first-order valence-corrected chi connectivity index (χ1v) is 5.30. The van der Waals surface area contributed by atoms with E-state index in [2.05, 4.69) is 25.9 Å². The molecule has 5 heteroatoms. The predicted octanol–water partition coefficient (Wildman–Crippen LogP) is 1.39. The molecule has 0 aliphatic carbocycles. The number of aromatic nitrogens is 2. The van der Waals surface area contributed by atoms with Crippen molar-refractivity contribution >= 4 is 27.7 Å². The van der Waals surface area contributed by atoms with Crippen LogP contribution in [0.5, 0.6) is 0 Å². The number of nitrogens with zero attached hydrogens (tertiary/aromatic N) is 1. The zero-order chi connectivity index (χ0) is 8.27. The third kappa shape index (κ3) is 2.07. The molecule has 11 heavy (non-hydrogen) atoms. The van der Waals surface area contributed by atoms with Gasteiger partial charge in [0.1, 0.15) is 0 Å². The van der Waals surface area contributed by atoms with Gasteiger partial charge in [-0.05, 0) is 6.26 Å². The molecule has 1 rings (SSSR count). The van der Waals surface area contributed by atoms with Crippen molar-refractivity contribution in [3.8, 4) is 0 Å². The molecule has 0 radical (unpaired) electrons. The Morgan fingerprint density at radius 2 is 2.55 bits per heavy atom. The van der Waals surface area contributed by atoms with E-state index in [9.17, 15) is 4.79 Å². The molecule has 0 fully saturated rings. The fourth-order valence-corrected chi connectivity index (χ4v) is 1.87. The highest BCUT2D eigenvalue weighted by Crippen LogP contribution is 2.16. The van der Waals surface area contributed by atoms with Crippen LogP contribution in [0.15, 0.2) is 16.0 Å². The number of hydrogen-bond acceptors (Lipinski definition) is 3. The van der Waals surface area contributed by atoms with E-state index in [-0.39, 0.29) is 5.69 Å². The number of H-pyrrole nitrogens is 1. The summed E-state index contributed by atoms with van der Waals surface area (Å²) in [4.78, 5) is 17.0. The number of nitrogens with one attached hydrogen (secondary N) is 1. The molecule has 0 amide bonds. The van der Waals surface area contributed by atoms with Gasteiger partial charge in [-0.1, -0.05) is 15.9 Å². The summed E-state index contributed by atoms with van der Waals surface area (Å²) in [6.07, 6.45) is 3.50. The lowest BCUT2D eigenvalue weighted by molar-refractivity contribution is 0.944. The Bertz CT molecular complexity index is 299. The smallest absolute Gasteiger partial charge is 0.300 e. The van der Waals surface area contributed by atoms with Crippen molar-refractivity contribution in [1.29, 1.82) is 0 Å². The average Bonchev–Trinajstić information content (AvgIpc) is 2.04. The Kier molecular flexibility index (Phi) is 3.14. The highest BCUT2D eigenvalue weighted by atomic mass is 79.9. The Morgan fingerprint density at radius 3 is 3.09 bits per heavy atom. The summed E-state index contributed by atoms with van der Waals surface area (Å²) in [6, 6.07) is 0. The molecule has 1 heterocycles. The summed E-state index contributed by atoms with van der Waals surface area (Å²) in [7, 11) is 0. The first-order valence-electron chi connectivity index (χ1n) is 2.96. The van der Waals surface area contributed by atoms with Crippen LogP contribution in [0.25, 0.3) is 0 Å². The minimum Gasteiger partial charge on any atom is -0.300 e. The Morgan fingerprint density at radius 1 is 1.82 bits per heavy atom. The van der Waals surface area contributed by atoms with E-state index in [1.54, 1.807) is 6.20 Å². The Balaban J connectivity index is 3.16. The molecule has 0 spiro atoms. The number of thioether (sulfide) groups is 1. The summed E-state index contributed by atoms with van der Waals surface area (Å²) in [5.74, 6) is 0. The van der Waals surface area contributed by atoms with Crippen molar-refractivity contribution in [2.24, 2.45) is 0 Å². The Labute approximate surface area is 76.8 Å². The highest BCUT2D eigenvalue weighted by Gasteiger charge is 2.00. The molecule has 0 saturated carbocycles. The molecule has 1 N–H and O–H groups in total. The summed E-state index contributed by atoms with van der Waals surface area (Å²) in [5.41, 5.74) is 0.719. The first-order chi connectivity index (χ1) is 5.27. The van der Waals surface area contributed by atoms with Crippen LogP contribution in [0.1, 0.15) is 5.56 Å². The lowest BCUT2D eigenvalue weighted by Crippen LogP contribution is -2.11. The van der Waals surface area contributed by atoms with Gasteiger partial charge in [0.2, 0.25) is 0 Å². The van der Waals surface area contributed by atoms with E-state index in [1.807, 2.05) is 6.26 Å². The van der Waals surface area contributed by atoms with Gasteiger partial charge >= 0.3 is 5.69 Å². The first kappa shape index (κ1) is 8.80. The van der Waals surface area contributed by atoms with Crippen LogP contribution >= 0.6 is 27.7 Å². The van der Waals surface area contributed by atoms with Crippen LogP contribution in [0.3, 0.4) is 0 Å². The molecular weight excluding hydrogens is 228 g/mol. The second-order valence-electron chi connectivity index (χ2n) is 1.88. The normalized spacial score (nSPS) is 10.0. The molecule has 0 unspecified atom stereocenters. The van der Waals surface area contributed by atoms with Gasteiger partial charge in [0.25, 0.3) is 0 Å². The summed E-state index contributed by atoms with van der Waals surface area (Å²) in [6.45, 7) is 0. The van der Waals surface area contributed by atoms with Crippen molar-refractivity contribution in [2.75, 3.05) is 6.26 Å². The van der Waals surface area contributed by atoms with Crippen LogP contribution in [-0.2, 0) is 5.33 Å². The van der Waals surface area contributed by atoms with Crippen molar-refractivity contribution in [1.82, 2.24) is 9.97 Å². The maximum absolute atomic E-state index is 10.7. The van der Waals surface area contributed by atoms with E-state index in [1.165, 1.54) is 11.8 Å². The van der Waals surface area contributed by atoms with Gasteiger partial charge in [0, 0.05) is 17.1 Å². The van der Waals surface area contributed by atoms with Crippen LogP contribution in [-0.4, -0.2) is 16.2 Å². The molecule has 60 valence electrons. The van der Waals surface area contributed by atoms with E-state index in [0.29, 0.717) is 5.33 Å². The molecule has 0 saturated heterocycles. The number of alkyl halides is 1. The summed E-state index contributed by atoms with van der Waals surface area (Å²) < 4.78 is 0. The Hall–Kier alpha value is -0.290. The largest absolute Gasteiger partial charge is 0.345 e. The third-order valence-corrected chi connectivity index (χ3v) is 2.57. The lowest BCUT2D eigenvalue weighted by Gasteiger charge is -2.00. The zero-order valence-electron chi connectivity index (χ0n) is 5.93. The standard InChI is InChI=1S/C6H7BrN2OS/c1-11-5-4(2-7)3-8-6(10)9-5/h3H,2H2,1H3,(H,8,9,10). The molecule has 3 nitrogen and oxygen atoms in total. The summed E-state index contributed by atoms with van der Waals surface area (Å²) >= 11 is 4.81. The van der Waals surface area contributed by atoms with Crippen LogP contribution < -0.4 is 5.69 Å². The van der Waals surface area contributed by atoms with Gasteiger partial charge in [-0.2, -0.15) is 0 Å². The SMILES string of the molecule is CSc1[nH]c(=O)ncc1CBr. The van der Waals surface area contributed by atoms with E-state index in [0.717, 1.165) is 10.6 Å². The van der Waals surface area contributed by atoms with E-state index >= 15 is 0 Å². The number of hydrogen-bond donors (Lipinski definition) is 1. The van der Waals surface area contributed by atoms with E-state index in [4.69, 9.17) is 0 Å². The predicted molar refractivity (Wildman–Crippen MR) is 49.3 cm³/mol. The third-order valence-electron chi connectivity index (χ3n) is 1.20. The van der Waals surface area contributed by atoms with Gasteiger partial charge in [-0.15, -0.1) is 11.8 Å². The van der Waals surface area contributed by atoms with Gasteiger partial charge < -0.3 is 4.98 Å². The number of aromatic amines is 1. The zero-order valence-corrected chi connectivity index (χ0v) is 8.33. The molecule has 0 aliphatic heterocycles. The highest BCUT2D eigenvalue weighted by molar-refractivity contribution is 9.08. The molecule has 0 bridgehead atoms. The molecule has 0 aliphatic rings. The van der Waals surface area contributed by atoms with Gasteiger partial charge in [0.15, 0.2) is 0 Å². The molecule has 1 aromatic heterocycles. The molecular formula is C6H7BrN2OS. The van der Waals surface area contributed by atoms with Crippen LogP contribution in [0.4, 0.5) is 0 Å². The number of rotatable bonds is 2. The monoisotopic (exact) mass is 234 g/mol. The number of halogens is 1. The van der Waals surface area contributed by atoms with Crippen molar-refractivity contribution in [3.05, 3.63) is 22.2 Å². The topological polar surface area (TPSA) is 45.8 Å². The van der Waals surface area contributed by atoms with Crippen molar-refractivity contribution in [3.63, 3.8) is 0 Å². The van der Waals surface area contributed by atoms with Crippen LogP contribution in [0.2, 0.25) is 0 Å². The maximum Gasteiger partial charge on any atom is 0.345 e. The van der Waals surface area contributed by atoms with Crippen molar-refractivity contribution in [2.45, 2.75) is 10.4 Å².